The van der Waals surface area contributed by atoms with Gasteiger partial charge in [-0.15, -0.1) is 0 Å². The fourth-order valence-electron chi connectivity index (χ4n) is 10.6. The molecule has 7 atom stereocenters. The van der Waals surface area contributed by atoms with Crippen LogP contribution in [0.2, 0.25) is 0 Å². The number of fused-ring (bicyclic) bond motifs is 7. The van der Waals surface area contributed by atoms with Gasteiger partial charge in [0.2, 0.25) is 5.91 Å². The molecule has 4 heteroatoms. The van der Waals surface area contributed by atoms with Crippen molar-refractivity contribution in [3.8, 4) is 0 Å². The lowest BCUT2D eigenvalue weighted by atomic mass is 9.33. The van der Waals surface area contributed by atoms with E-state index in [0.717, 1.165) is 57.8 Å². The van der Waals surface area contributed by atoms with Crippen molar-refractivity contribution in [2.45, 2.75) is 113 Å². The molecule has 1 amide bonds. The number of Topliss-reactive ketones (excluding diaryl/α,β-unsaturated/α-hetero) is 1. The lowest BCUT2D eigenvalue weighted by Crippen LogP contribution is -2.65. The van der Waals surface area contributed by atoms with Gasteiger partial charge < -0.3 is 0 Å². The largest absolute Gasteiger partial charge is 0.299 e. The Morgan fingerprint density at radius 2 is 1.63 bits per heavy atom. The van der Waals surface area contributed by atoms with Gasteiger partial charge in [-0.2, -0.15) is 0 Å². The third kappa shape index (κ3) is 3.20. The molecular formula is C31H49NO3. The van der Waals surface area contributed by atoms with Gasteiger partial charge in [0.1, 0.15) is 5.78 Å². The molecule has 0 bridgehead atoms. The Bertz CT molecular complexity index is 964. The second kappa shape index (κ2) is 7.68. The summed E-state index contributed by atoms with van der Waals surface area (Å²) in [6, 6.07) is 0. The molecule has 0 spiro atoms. The van der Waals surface area contributed by atoms with Gasteiger partial charge in [-0.25, -0.2) is 5.48 Å². The minimum Gasteiger partial charge on any atom is -0.299 e. The number of ketones is 1. The van der Waals surface area contributed by atoms with E-state index >= 15 is 0 Å². The summed E-state index contributed by atoms with van der Waals surface area (Å²) in [5, 5.41) is 0. The summed E-state index contributed by atoms with van der Waals surface area (Å²) in [6.45, 7) is 16.9. The Hall–Kier alpha value is -1.16. The second-order valence-electron chi connectivity index (χ2n) is 15.2. The highest BCUT2D eigenvalue weighted by Gasteiger charge is 2.69. The van der Waals surface area contributed by atoms with E-state index in [9.17, 15) is 9.59 Å². The molecule has 0 heterocycles. The van der Waals surface area contributed by atoms with E-state index in [4.69, 9.17) is 4.84 Å². The van der Waals surface area contributed by atoms with E-state index in [-0.39, 0.29) is 44.3 Å². The Kier molecular flexibility index (Phi) is 5.59. The van der Waals surface area contributed by atoms with Gasteiger partial charge in [-0.05, 0) is 97.2 Å². The van der Waals surface area contributed by atoms with Gasteiger partial charge in [0.25, 0.3) is 0 Å². The summed E-state index contributed by atoms with van der Waals surface area (Å²) in [5.41, 5.74) is 4.52. The predicted molar refractivity (Wildman–Crippen MR) is 139 cm³/mol. The molecule has 5 rings (SSSR count). The highest BCUT2D eigenvalue weighted by molar-refractivity contribution is 5.85. The SMILES string of the molecule is CONC(=O)[C@]12CCC(C)(C)C[C@H]1C1=CC[C@@H]3[C@@]4(C)CCC(=O)C(C)(C)[C@@H]4CC[C@@]3(C)[C@]1(C)CC2. The molecule has 5 aliphatic carbocycles. The first kappa shape index (κ1) is 25.5. The predicted octanol–water partition coefficient (Wildman–Crippen LogP) is 7.03. The Balaban J connectivity index is 1.59. The van der Waals surface area contributed by atoms with E-state index in [1.54, 1.807) is 12.7 Å². The third-order valence-electron chi connectivity index (χ3n) is 13.0. The number of nitrogens with one attached hydrogen (secondary N) is 1. The van der Waals surface area contributed by atoms with Crippen molar-refractivity contribution >= 4 is 11.7 Å². The molecule has 1 N–H and O–H groups in total. The van der Waals surface area contributed by atoms with E-state index < -0.39 is 0 Å². The van der Waals surface area contributed by atoms with Crippen LogP contribution in [0, 0.1) is 50.2 Å². The van der Waals surface area contributed by atoms with Crippen LogP contribution in [0.5, 0.6) is 0 Å². The van der Waals surface area contributed by atoms with Gasteiger partial charge in [-0.1, -0.05) is 60.1 Å². The average molecular weight is 484 g/mol. The van der Waals surface area contributed by atoms with Crippen LogP contribution < -0.4 is 5.48 Å². The summed E-state index contributed by atoms with van der Waals surface area (Å²) < 4.78 is 0. The van der Waals surface area contributed by atoms with Crippen molar-refractivity contribution in [3.63, 3.8) is 0 Å². The van der Waals surface area contributed by atoms with Crippen LogP contribution in [-0.4, -0.2) is 18.8 Å². The number of rotatable bonds is 2. The van der Waals surface area contributed by atoms with Crippen molar-refractivity contribution < 1.29 is 14.4 Å². The highest BCUT2D eigenvalue weighted by atomic mass is 16.6. The zero-order valence-corrected chi connectivity index (χ0v) is 23.6. The highest BCUT2D eigenvalue weighted by Crippen LogP contribution is 2.75. The standard InChI is InChI=1S/C31H49NO3/c1-26(2)15-17-31(25(34)32-35-8)18-16-29(6)20(21(31)19-26)9-10-23-28(5)13-12-24(33)27(3,4)22(28)11-14-30(23,29)7/h9,21-23H,10-19H2,1-8H3,(H,32,34)/t21-,22-,23+,28-,29+,30+,31-/m0/s1. The first-order valence-corrected chi connectivity index (χ1v) is 14.3. The number of hydrogen-bond donors (Lipinski definition) is 1. The second-order valence-corrected chi connectivity index (χ2v) is 15.2. The monoisotopic (exact) mass is 483 g/mol. The number of amides is 1. The summed E-state index contributed by atoms with van der Waals surface area (Å²) >= 11 is 0. The molecule has 0 aromatic rings. The van der Waals surface area contributed by atoms with Gasteiger partial charge >= 0.3 is 0 Å². The first-order chi connectivity index (χ1) is 16.2. The zero-order chi connectivity index (χ0) is 25.7. The number of carbonyl (C=O) groups excluding carboxylic acids is 2. The van der Waals surface area contributed by atoms with Crippen LogP contribution in [0.1, 0.15) is 113 Å². The summed E-state index contributed by atoms with van der Waals surface area (Å²) in [6.07, 6.45) is 12.9. The molecule has 4 saturated carbocycles. The van der Waals surface area contributed by atoms with Crippen LogP contribution in [-0.2, 0) is 14.4 Å². The molecular weight excluding hydrogens is 434 g/mol. The van der Waals surface area contributed by atoms with Crippen molar-refractivity contribution in [1.29, 1.82) is 0 Å². The fourth-order valence-corrected chi connectivity index (χ4v) is 10.6. The van der Waals surface area contributed by atoms with Crippen molar-refractivity contribution in [2.24, 2.45) is 50.2 Å². The van der Waals surface area contributed by atoms with Crippen LogP contribution in [0.4, 0.5) is 0 Å². The fraction of sp³-hybridized carbons (Fsp3) is 0.871. The average Bonchev–Trinajstić information content (AvgIpc) is 2.77. The summed E-state index contributed by atoms with van der Waals surface area (Å²) in [7, 11) is 1.56. The molecule has 4 fully saturated rings. The van der Waals surface area contributed by atoms with Gasteiger partial charge in [0, 0.05) is 11.8 Å². The van der Waals surface area contributed by atoms with Crippen LogP contribution in [0.15, 0.2) is 11.6 Å². The zero-order valence-electron chi connectivity index (χ0n) is 23.6. The summed E-state index contributed by atoms with van der Waals surface area (Å²) in [5.74, 6) is 1.91. The Labute approximate surface area is 213 Å². The van der Waals surface area contributed by atoms with Crippen molar-refractivity contribution in [2.75, 3.05) is 7.11 Å². The summed E-state index contributed by atoms with van der Waals surface area (Å²) in [4.78, 5) is 31.7. The molecule has 35 heavy (non-hydrogen) atoms. The topological polar surface area (TPSA) is 55.4 Å². The molecule has 4 nitrogen and oxygen atoms in total. The molecule has 0 aromatic carbocycles. The Morgan fingerprint density at radius 3 is 2.31 bits per heavy atom. The maximum absolute atomic E-state index is 13.6. The third-order valence-corrected chi connectivity index (χ3v) is 13.0. The van der Waals surface area contributed by atoms with E-state index in [1.807, 2.05) is 0 Å². The van der Waals surface area contributed by atoms with Crippen LogP contribution in [0.25, 0.3) is 0 Å². The van der Waals surface area contributed by atoms with Crippen LogP contribution in [0.3, 0.4) is 0 Å². The molecule has 5 aliphatic rings. The van der Waals surface area contributed by atoms with Gasteiger partial charge in [0.15, 0.2) is 0 Å². The number of carbonyl (C=O) groups is 2. The van der Waals surface area contributed by atoms with E-state index in [1.165, 1.54) is 6.42 Å². The Morgan fingerprint density at radius 1 is 0.943 bits per heavy atom. The van der Waals surface area contributed by atoms with Crippen molar-refractivity contribution in [3.05, 3.63) is 11.6 Å². The molecule has 0 radical (unpaired) electrons. The molecule has 0 aromatic heterocycles. The maximum Gasteiger partial charge on any atom is 0.250 e. The molecule has 196 valence electrons. The van der Waals surface area contributed by atoms with Gasteiger partial charge in [-0.3, -0.25) is 14.4 Å². The van der Waals surface area contributed by atoms with Crippen LogP contribution >= 0.6 is 0 Å². The lowest BCUT2D eigenvalue weighted by molar-refractivity contribution is -0.187. The van der Waals surface area contributed by atoms with Gasteiger partial charge in [0.05, 0.1) is 12.5 Å². The normalized spacial score (nSPS) is 47.9. The minimum atomic E-state index is -0.347. The minimum absolute atomic E-state index is 0.0962. The van der Waals surface area contributed by atoms with Crippen molar-refractivity contribution in [1.82, 2.24) is 5.48 Å². The molecule has 0 aliphatic heterocycles. The van der Waals surface area contributed by atoms with E-state index in [0.29, 0.717) is 17.6 Å². The number of hydroxylamine groups is 1. The molecule has 0 unspecified atom stereocenters. The van der Waals surface area contributed by atoms with E-state index in [2.05, 4.69) is 60.0 Å². The maximum atomic E-state index is 13.6. The number of allylic oxidation sites excluding steroid dienone is 2. The smallest absolute Gasteiger partial charge is 0.250 e. The number of hydrogen-bond acceptors (Lipinski definition) is 3. The first-order valence-electron chi connectivity index (χ1n) is 14.3. The lowest BCUT2D eigenvalue weighted by Gasteiger charge is -2.70. The molecule has 0 saturated heterocycles. The quantitative estimate of drug-likeness (QED) is 0.339.